The van der Waals surface area contributed by atoms with Crippen LogP contribution in [0.1, 0.15) is 0 Å². The van der Waals surface area contributed by atoms with E-state index in [1.165, 1.54) is 6.07 Å². The van der Waals surface area contributed by atoms with Crippen molar-refractivity contribution in [1.29, 1.82) is 0 Å². The number of hydrogen-bond donors (Lipinski definition) is 1. The molecule has 1 heterocycles. The molecule has 0 unspecified atom stereocenters. The number of nitrogens with zero attached hydrogens (tertiary/aromatic N) is 1. The van der Waals surface area contributed by atoms with Gasteiger partial charge in [0, 0.05) is 40.4 Å². The highest BCUT2D eigenvalue weighted by Crippen LogP contribution is 2.34. The molecule has 108 valence electrons. The molecule has 3 aromatic rings. The number of fused-ring (bicyclic) bond motifs is 1. The van der Waals surface area contributed by atoms with Gasteiger partial charge in [-0.15, -0.1) is 0 Å². The fraction of sp³-hybridized carbons (Fsp3) is 0.0667. The van der Waals surface area contributed by atoms with Gasteiger partial charge in [-0.1, -0.05) is 24.3 Å². The number of hydrogen-bond acceptors (Lipinski definition) is 3. The average Bonchev–Trinajstić information content (AvgIpc) is 2.98. The Morgan fingerprint density at radius 1 is 1.00 bits per heavy atom. The summed E-state index contributed by atoms with van der Waals surface area (Å²) >= 11 is 0. The molecule has 0 radical (unpaired) electrons. The van der Waals surface area contributed by atoms with E-state index < -0.39 is 9.05 Å². The number of benzene rings is 2. The monoisotopic (exact) mass is 320 g/mol. The number of rotatable bonds is 3. The van der Waals surface area contributed by atoms with Gasteiger partial charge in [-0.3, -0.25) is 0 Å². The number of halogens is 1. The molecular formula is C15H13ClN2O2S. The zero-order valence-corrected chi connectivity index (χ0v) is 12.8. The predicted molar refractivity (Wildman–Crippen MR) is 85.8 cm³/mol. The summed E-state index contributed by atoms with van der Waals surface area (Å²) in [4.78, 5) is 5.22. The van der Waals surface area contributed by atoms with Crippen LogP contribution in [0.3, 0.4) is 0 Å². The Morgan fingerprint density at radius 3 is 2.38 bits per heavy atom. The number of anilines is 2. The van der Waals surface area contributed by atoms with Crippen LogP contribution in [0, 0.1) is 0 Å². The summed E-state index contributed by atoms with van der Waals surface area (Å²) in [6.45, 7) is 0. The quantitative estimate of drug-likeness (QED) is 0.745. The minimum atomic E-state index is -3.78. The fourth-order valence-electron chi connectivity index (χ4n) is 2.43. The van der Waals surface area contributed by atoms with E-state index in [1.54, 1.807) is 12.1 Å². The maximum absolute atomic E-state index is 11.7. The molecule has 3 rings (SSSR count). The van der Waals surface area contributed by atoms with Gasteiger partial charge in [-0.05, 0) is 24.3 Å². The van der Waals surface area contributed by atoms with Gasteiger partial charge in [0.15, 0.2) is 0 Å². The van der Waals surface area contributed by atoms with Crippen LogP contribution in [0.25, 0.3) is 10.8 Å². The smallest absolute Gasteiger partial charge is 0.261 e. The molecule has 4 nitrogen and oxygen atoms in total. The summed E-state index contributed by atoms with van der Waals surface area (Å²) in [7, 11) is 3.66. The van der Waals surface area contributed by atoms with Gasteiger partial charge in [-0.2, -0.15) is 0 Å². The van der Waals surface area contributed by atoms with Crippen molar-refractivity contribution in [2.75, 3.05) is 11.9 Å². The van der Waals surface area contributed by atoms with E-state index in [-0.39, 0.29) is 4.90 Å². The molecule has 0 saturated carbocycles. The van der Waals surface area contributed by atoms with E-state index in [4.69, 9.17) is 10.7 Å². The van der Waals surface area contributed by atoms with Crippen molar-refractivity contribution in [2.45, 2.75) is 4.90 Å². The van der Waals surface area contributed by atoms with Crippen LogP contribution in [0.15, 0.2) is 59.6 Å². The largest absolute Gasteiger partial charge is 0.348 e. The highest BCUT2D eigenvalue weighted by atomic mass is 35.7. The van der Waals surface area contributed by atoms with Gasteiger partial charge in [0.1, 0.15) is 5.82 Å². The van der Waals surface area contributed by atoms with Gasteiger partial charge in [0.25, 0.3) is 9.05 Å². The number of nitrogens with one attached hydrogen (secondary N) is 1. The Hall–Kier alpha value is -1.98. The van der Waals surface area contributed by atoms with E-state index >= 15 is 0 Å². The van der Waals surface area contributed by atoms with E-state index in [0.29, 0.717) is 5.39 Å². The van der Waals surface area contributed by atoms with Crippen LogP contribution < -0.4 is 4.90 Å². The first-order chi connectivity index (χ1) is 9.98. The highest BCUT2D eigenvalue weighted by molar-refractivity contribution is 8.14. The lowest BCUT2D eigenvalue weighted by molar-refractivity contribution is 0.610. The maximum Gasteiger partial charge on any atom is 0.261 e. The van der Waals surface area contributed by atoms with Gasteiger partial charge >= 0.3 is 0 Å². The molecule has 6 heteroatoms. The Balaban J connectivity index is 2.27. The number of aromatic nitrogens is 1. The number of H-pyrrole nitrogens is 1. The molecule has 0 fully saturated rings. The molecule has 0 amide bonds. The second kappa shape index (κ2) is 5.09. The van der Waals surface area contributed by atoms with Crippen molar-refractivity contribution in [3.05, 3.63) is 54.7 Å². The summed E-state index contributed by atoms with van der Waals surface area (Å²) in [6.07, 6.45) is 1.84. The lowest BCUT2D eigenvalue weighted by Gasteiger charge is -2.20. The first-order valence-electron chi connectivity index (χ1n) is 6.32. The van der Waals surface area contributed by atoms with Crippen LogP contribution in [-0.4, -0.2) is 20.4 Å². The number of aromatic amines is 1. The van der Waals surface area contributed by atoms with Crippen molar-refractivity contribution in [3.8, 4) is 0 Å². The van der Waals surface area contributed by atoms with Crippen molar-refractivity contribution in [2.24, 2.45) is 0 Å². The third kappa shape index (κ3) is 2.50. The predicted octanol–water partition coefficient (Wildman–Crippen LogP) is 3.86. The van der Waals surface area contributed by atoms with Crippen LogP contribution in [-0.2, 0) is 9.05 Å². The zero-order chi connectivity index (χ0) is 15.0. The van der Waals surface area contributed by atoms with Crippen LogP contribution in [0.2, 0.25) is 0 Å². The topological polar surface area (TPSA) is 53.2 Å². The summed E-state index contributed by atoms with van der Waals surface area (Å²) in [5, 5.41) is 1.44. The summed E-state index contributed by atoms with van der Waals surface area (Å²) in [5.74, 6) is 0.918. The standard InChI is InChI=1S/C15H13ClN2O2S/c1-18(15-9-4-10-17-15)13-7-2-6-12-11(13)5-3-8-14(12)21(16,19)20/h2-10,17H,1H3. The third-order valence-electron chi connectivity index (χ3n) is 3.43. The van der Waals surface area contributed by atoms with E-state index in [2.05, 4.69) is 4.98 Å². The average molecular weight is 321 g/mol. The normalized spacial score (nSPS) is 11.7. The van der Waals surface area contributed by atoms with Crippen LogP contribution in [0.4, 0.5) is 11.5 Å². The van der Waals surface area contributed by atoms with Crippen molar-refractivity contribution in [1.82, 2.24) is 4.98 Å². The molecule has 0 saturated heterocycles. The molecule has 0 aliphatic carbocycles. The molecule has 1 N–H and O–H groups in total. The third-order valence-corrected chi connectivity index (χ3v) is 4.81. The van der Waals surface area contributed by atoms with E-state index in [1.807, 2.05) is 48.5 Å². The van der Waals surface area contributed by atoms with Crippen molar-refractivity contribution < 1.29 is 8.42 Å². The minimum Gasteiger partial charge on any atom is -0.348 e. The molecule has 2 aromatic carbocycles. The van der Waals surface area contributed by atoms with Gasteiger partial charge in [0.05, 0.1) is 4.90 Å². The summed E-state index contributed by atoms with van der Waals surface area (Å²) in [6, 6.07) is 14.5. The second-order valence-electron chi connectivity index (χ2n) is 4.68. The molecule has 0 atom stereocenters. The summed E-state index contributed by atoms with van der Waals surface area (Å²) in [5.41, 5.74) is 0.900. The fourth-order valence-corrected chi connectivity index (χ4v) is 3.51. The summed E-state index contributed by atoms with van der Waals surface area (Å²) < 4.78 is 23.4. The van der Waals surface area contributed by atoms with Gasteiger partial charge in [0.2, 0.25) is 0 Å². The minimum absolute atomic E-state index is 0.128. The van der Waals surface area contributed by atoms with Gasteiger partial charge in [-0.25, -0.2) is 8.42 Å². The Morgan fingerprint density at radius 2 is 1.71 bits per heavy atom. The van der Waals surface area contributed by atoms with Crippen LogP contribution in [0.5, 0.6) is 0 Å². The molecule has 0 aliphatic heterocycles. The van der Waals surface area contributed by atoms with Crippen molar-refractivity contribution >= 4 is 42.0 Å². The first kappa shape index (κ1) is 14.0. The Labute approximate surface area is 127 Å². The molecule has 0 bridgehead atoms. The van der Waals surface area contributed by atoms with E-state index in [0.717, 1.165) is 16.9 Å². The Bertz CT molecular complexity index is 889. The molecular weight excluding hydrogens is 308 g/mol. The molecule has 0 aliphatic rings. The molecule has 21 heavy (non-hydrogen) atoms. The Kier molecular flexibility index (Phi) is 3.39. The maximum atomic E-state index is 11.7. The molecule has 1 aromatic heterocycles. The molecule has 0 spiro atoms. The van der Waals surface area contributed by atoms with E-state index in [9.17, 15) is 8.42 Å². The SMILES string of the molecule is CN(c1ccc[nH]1)c1cccc2c(S(=O)(=O)Cl)cccc12. The first-order valence-corrected chi connectivity index (χ1v) is 8.63. The lowest BCUT2D eigenvalue weighted by atomic mass is 10.1. The lowest BCUT2D eigenvalue weighted by Crippen LogP contribution is -2.10. The zero-order valence-electron chi connectivity index (χ0n) is 11.2. The van der Waals surface area contributed by atoms with Gasteiger partial charge < -0.3 is 9.88 Å². The van der Waals surface area contributed by atoms with Crippen molar-refractivity contribution in [3.63, 3.8) is 0 Å². The second-order valence-corrected chi connectivity index (χ2v) is 7.21. The van der Waals surface area contributed by atoms with Crippen LogP contribution >= 0.6 is 10.7 Å². The highest BCUT2D eigenvalue weighted by Gasteiger charge is 2.16.